The SMILES string of the molecule is CCN(CC)S(=O)(=O)c1ccc(N2CCCC2)c(C(=O)OCc2noc(-c3cccs3)n2)c1. The molecule has 9 nitrogen and oxygen atoms in total. The number of aromatic nitrogens is 2. The minimum absolute atomic E-state index is 0.0700. The topological polar surface area (TPSA) is 106 Å². The minimum Gasteiger partial charge on any atom is -0.454 e. The second-order valence-corrected chi connectivity index (χ2v) is 10.4. The van der Waals surface area contributed by atoms with Gasteiger partial charge in [0, 0.05) is 26.2 Å². The average Bonchev–Trinajstić information content (AvgIpc) is 3.60. The number of thiophene rings is 1. The Labute approximate surface area is 197 Å². The number of nitrogens with zero attached hydrogens (tertiary/aromatic N) is 4. The van der Waals surface area contributed by atoms with Crippen LogP contribution in [0.5, 0.6) is 0 Å². The van der Waals surface area contributed by atoms with E-state index in [4.69, 9.17) is 9.26 Å². The Balaban J connectivity index is 1.59. The molecule has 1 aliphatic heterocycles. The normalized spacial score (nSPS) is 14.2. The summed E-state index contributed by atoms with van der Waals surface area (Å²) in [4.78, 5) is 20.3. The molecule has 4 rings (SSSR count). The number of esters is 1. The first-order valence-corrected chi connectivity index (χ1v) is 13.2. The van der Waals surface area contributed by atoms with Gasteiger partial charge in [0.05, 0.1) is 21.0 Å². The average molecular weight is 491 g/mol. The van der Waals surface area contributed by atoms with Gasteiger partial charge in [0.2, 0.25) is 15.8 Å². The molecule has 0 saturated carbocycles. The van der Waals surface area contributed by atoms with E-state index in [2.05, 4.69) is 15.0 Å². The molecular formula is C22H26N4O5S2. The number of hydrogen-bond donors (Lipinski definition) is 0. The van der Waals surface area contributed by atoms with Crippen molar-refractivity contribution in [3.05, 3.63) is 47.1 Å². The number of sulfonamides is 1. The van der Waals surface area contributed by atoms with Gasteiger partial charge in [-0.1, -0.05) is 25.1 Å². The highest BCUT2D eigenvalue weighted by atomic mass is 32.2. The van der Waals surface area contributed by atoms with Crippen LogP contribution in [0.4, 0.5) is 5.69 Å². The summed E-state index contributed by atoms with van der Waals surface area (Å²) in [5.41, 5.74) is 0.885. The van der Waals surface area contributed by atoms with Crippen LogP contribution in [0.2, 0.25) is 0 Å². The predicted molar refractivity (Wildman–Crippen MR) is 125 cm³/mol. The summed E-state index contributed by atoms with van der Waals surface area (Å²) in [5.74, 6) is -0.0292. The zero-order valence-electron chi connectivity index (χ0n) is 18.6. The zero-order valence-corrected chi connectivity index (χ0v) is 20.2. The van der Waals surface area contributed by atoms with Crippen molar-refractivity contribution in [2.75, 3.05) is 31.1 Å². The molecule has 2 aromatic heterocycles. The van der Waals surface area contributed by atoms with E-state index in [1.807, 2.05) is 17.5 Å². The van der Waals surface area contributed by atoms with E-state index in [-0.39, 0.29) is 22.9 Å². The smallest absolute Gasteiger partial charge is 0.340 e. The number of anilines is 1. The van der Waals surface area contributed by atoms with Crippen LogP contribution in [-0.4, -0.2) is 55.0 Å². The van der Waals surface area contributed by atoms with Gasteiger partial charge >= 0.3 is 5.97 Å². The lowest BCUT2D eigenvalue weighted by molar-refractivity contribution is 0.0460. The van der Waals surface area contributed by atoms with Gasteiger partial charge in [-0.25, -0.2) is 13.2 Å². The summed E-state index contributed by atoms with van der Waals surface area (Å²) in [5, 5.41) is 5.77. The molecule has 1 aliphatic rings. The van der Waals surface area contributed by atoms with E-state index < -0.39 is 16.0 Å². The quantitative estimate of drug-likeness (QED) is 0.417. The molecule has 0 spiro atoms. The number of carbonyl (C=O) groups excluding carboxylic acids is 1. The van der Waals surface area contributed by atoms with Crippen molar-refractivity contribution >= 4 is 33.0 Å². The summed E-state index contributed by atoms with van der Waals surface area (Å²) < 4.78 is 38.1. The predicted octanol–water partition coefficient (Wildman–Crippen LogP) is 3.79. The molecule has 3 heterocycles. The fraction of sp³-hybridized carbons (Fsp3) is 0.409. The maximum absolute atomic E-state index is 13.1. The van der Waals surface area contributed by atoms with Crippen molar-refractivity contribution in [1.29, 1.82) is 0 Å². The molecule has 0 unspecified atom stereocenters. The van der Waals surface area contributed by atoms with Crippen molar-refractivity contribution in [2.45, 2.75) is 38.2 Å². The van der Waals surface area contributed by atoms with Gasteiger partial charge in [0.15, 0.2) is 6.61 Å². The van der Waals surface area contributed by atoms with Gasteiger partial charge in [-0.3, -0.25) is 0 Å². The van der Waals surface area contributed by atoms with Crippen LogP contribution in [0.1, 0.15) is 42.9 Å². The van der Waals surface area contributed by atoms with Crippen LogP contribution in [0.15, 0.2) is 45.1 Å². The summed E-state index contributed by atoms with van der Waals surface area (Å²) in [6.45, 7) is 5.68. The molecule has 1 saturated heterocycles. The van der Waals surface area contributed by atoms with Crippen LogP contribution in [-0.2, 0) is 21.4 Å². The third-order valence-electron chi connectivity index (χ3n) is 5.51. The van der Waals surface area contributed by atoms with Gasteiger partial charge < -0.3 is 14.2 Å². The molecular weight excluding hydrogens is 464 g/mol. The van der Waals surface area contributed by atoms with E-state index in [1.165, 1.54) is 21.7 Å². The highest BCUT2D eigenvalue weighted by Gasteiger charge is 2.27. The third kappa shape index (κ3) is 4.94. The first-order chi connectivity index (χ1) is 15.9. The number of ether oxygens (including phenoxy) is 1. The van der Waals surface area contributed by atoms with E-state index in [9.17, 15) is 13.2 Å². The highest BCUT2D eigenvalue weighted by molar-refractivity contribution is 7.89. The van der Waals surface area contributed by atoms with Crippen LogP contribution in [0, 0.1) is 0 Å². The standard InChI is InChI=1S/C22H26N4O5S2/c1-3-26(4-2)33(28,29)16-9-10-18(25-11-5-6-12-25)17(14-16)22(27)30-15-20-23-21(31-24-20)19-8-7-13-32-19/h7-10,13-14H,3-6,11-12,15H2,1-2H3. The summed E-state index contributed by atoms with van der Waals surface area (Å²) in [6.07, 6.45) is 2.03. The van der Waals surface area contributed by atoms with E-state index >= 15 is 0 Å². The zero-order chi connectivity index (χ0) is 23.4. The molecule has 0 N–H and O–H groups in total. The second kappa shape index (κ2) is 10.0. The Morgan fingerprint density at radius 2 is 1.97 bits per heavy atom. The lowest BCUT2D eigenvalue weighted by Crippen LogP contribution is -2.31. The molecule has 0 radical (unpaired) electrons. The summed E-state index contributed by atoms with van der Waals surface area (Å²) in [7, 11) is -3.72. The van der Waals surface area contributed by atoms with Crippen LogP contribution in [0.25, 0.3) is 10.8 Å². The Bertz CT molecular complexity index is 1200. The highest BCUT2D eigenvalue weighted by Crippen LogP contribution is 2.29. The first-order valence-electron chi connectivity index (χ1n) is 10.9. The number of hydrogen-bond acceptors (Lipinski definition) is 9. The Morgan fingerprint density at radius 1 is 1.21 bits per heavy atom. The third-order valence-corrected chi connectivity index (χ3v) is 8.41. The van der Waals surface area contributed by atoms with E-state index in [0.717, 1.165) is 30.8 Å². The molecule has 0 aliphatic carbocycles. The second-order valence-electron chi connectivity index (χ2n) is 7.53. The van der Waals surface area contributed by atoms with Gasteiger partial charge in [0.1, 0.15) is 0 Å². The lowest BCUT2D eigenvalue weighted by atomic mass is 10.1. The molecule has 0 amide bonds. The molecule has 33 heavy (non-hydrogen) atoms. The van der Waals surface area contributed by atoms with E-state index in [1.54, 1.807) is 26.0 Å². The van der Waals surface area contributed by atoms with E-state index in [0.29, 0.717) is 24.7 Å². The lowest BCUT2D eigenvalue weighted by Gasteiger charge is -2.23. The van der Waals surface area contributed by atoms with Crippen molar-refractivity contribution in [3.63, 3.8) is 0 Å². The van der Waals surface area contributed by atoms with Crippen molar-refractivity contribution in [3.8, 4) is 10.8 Å². The summed E-state index contributed by atoms with van der Waals surface area (Å²) in [6, 6.07) is 8.41. The monoisotopic (exact) mass is 490 g/mol. The molecule has 11 heteroatoms. The maximum Gasteiger partial charge on any atom is 0.340 e. The fourth-order valence-corrected chi connectivity index (χ4v) is 5.94. The van der Waals surface area contributed by atoms with Crippen molar-refractivity contribution in [1.82, 2.24) is 14.4 Å². The number of carbonyl (C=O) groups is 1. The number of rotatable bonds is 9. The fourth-order valence-electron chi connectivity index (χ4n) is 3.81. The molecule has 0 bridgehead atoms. The van der Waals surface area contributed by atoms with Gasteiger partial charge in [-0.05, 0) is 42.5 Å². The molecule has 1 aromatic carbocycles. The van der Waals surface area contributed by atoms with Crippen molar-refractivity contribution in [2.24, 2.45) is 0 Å². The van der Waals surface area contributed by atoms with Crippen LogP contribution < -0.4 is 4.90 Å². The van der Waals surface area contributed by atoms with Gasteiger partial charge in [-0.2, -0.15) is 9.29 Å². The van der Waals surface area contributed by atoms with Gasteiger partial charge in [0.25, 0.3) is 5.89 Å². The largest absolute Gasteiger partial charge is 0.454 e. The molecule has 176 valence electrons. The minimum atomic E-state index is -3.72. The molecule has 0 atom stereocenters. The number of benzene rings is 1. The van der Waals surface area contributed by atoms with Gasteiger partial charge in [-0.15, -0.1) is 11.3 Å². The Kier molecular flexibility index (Phi) is 7.11. The molecule has 3 aromatic rings. The summed E-state index contributed by atoms with van der Waals surface area (Å²) >= 11 is 1.47. The first kappa shape index (κ1) is 23.4. The van der Waals surface area contributed by atoms with Crippen LogP contribution >= 0.6 is 11.3 Å². The maximum atomic E-state index is 13.1. The van der Waals surface area contributed by atoms with Crippen LogP contribution in [0.3, 0.4) is 0 Å². The Morgan fingerprint density at radius 3 is 2.64 bits per heavy atom. The Hall–Kier alpha value is -2.76. The molecule has 1 fully saturated rings. The van der Waals surface area contributed by atoms with Crippen molar-refractivity contribution < 1.29 is 22.5 Å².